The maximum Gasteiger partial charge on any atom is 0.274 e. The average Bonchev–Trinajstić information content (AvgIpc) is 2.29. The van der Waals surface area contributed by atoms with Crippen LogP contribution >= 0.6 is 10.7 Å². The fourth-order valence-corrected chi connectivity index (χ4v) is 2.11. The first-order valence-corrected chi connectivity index (χ1v) is 7.44. The molecule has 0 saturated carbocycles. The lowest BCUT2D eigenvalue weighted by molar-refractivity contribution is -0.385. The van der Waals surface area contributed by atoms with Crippen molar-refractivity contribution >= 4 is 25.4 Å². The molecule has 1 rings (SSSR count). The van der Waals surface area contributed by atoms with Gasteiger partial charge < -0.3 is 0 Å². The summed E-state index contributed by atoms with van der Waals surface area (Å²) >= 11 is 0. The summed E-state index contributed by atoms with van der Waals surface area (Å²) < 4.78 is 22.6. The van der Waals surface area contributed by atoms with Crippen LogP contribution in [-0.4, -0.2) is 13.3 Å². The van der Waals surface area contributed by atoms with Gasteiger partial charge in [0.25, 0.3) is 14.7 Å². The van der Waals surface area contributed by atoms with Gasteiger partial charge in [0.2, 0.25) is 0 Å². The van der Waals surface area contributed by atoms with Gasteiger partial charge in [-0.25, -0.2) is 8.42 Å². The summed E-state index contributed by atoms with van der Waals surface area (Å²) in [6.07, 6.45) is 3.24. The third kappa shape index (κ3) is 3.81. The molecule has 0 aliphatic carbocycles. The largest absolute Gasteiger partial charge is 0.274 e. The third-order valence-corrected chi connectivity index (χ3v) is 3.62. The number of nitro benzene ring substituents is 1. The van der Waals surface area contributed by atoms with Gasteiger partial charge in [0.05, 0.1) is 9.82 Å². The molecular formula is C12H10ClNO4S. The highest BCUT2D eigenvalue weighted by atomic mass is 35.7. The van der Waals surface area contributed by atoms with Crippen molar-refractivity contribution in [2.45, 2.75) is 18.7 Å². The molecule has 5 nitrogen and oxygen atoms in total. The molecular weight excluding hydrogens is 290 g/mol. The fourth-order valence-electron chi connectivity index (χ4n) is 1.34. The molecule has 0 bridgehead atoms. The van der Waals surface area contributed by atoms with Crippen molar-refractivity contribution < 1.29 is 13.3 Å². The maximum absolute atomic E-state index is 11.3. The van der Waals surface area contributed by atoms with E-state index in [-0.39, 0.29) is 16.1 Å². The van der Waals surface area contributed by atoms with Crippen LogP contribution < -0.4 is 0 Å². The molecule has 19 heavy (non-hydrogen) atoms. The number of benzene rings is 1. The van der Waals surface area contributed by atoms with Gasteiger partial charge in [-0.15, -0.1) is 0 Å². The van der Waals surface area contributed by atoms with Crippen LogP contribution in [0, 0.1) is 28.9 Å². The van der Waals surface area contributed by atoms with Crippen LogP contribution in [0.4, 0.5) is 5.69 Å². The van der Waals surface area contributed by atoms with E-state index in [0.29, 0.717) is 5.56 Å². The summed E-state index contributed by atoms with van der Waals surface area (Å²) in [4.78, 5) is 9.89. The van der Waals surface area contributed by atoms with Crippen molar-refractivity contribution in [3.63, 3.8) is 0 Å². The zero-order valence-electron chi connectivity index (χ0n) is 10.2. The summed E-state index contributed by atoms with van der Waals surface area (Å²) in [5.41, 5.74) is 0.226. The van der Waals surface area contributed by atoms with E-state index in [1.165, 1.54) is 13.0 Å². The average molecular weight is 300 g/mol. The highest BCUT2D eigenvalue weighted by Crippen LogP contribution is 2.27. The Hall–Kier alpha value is -1.84. The number of nitro groups is 1. The Morgan fingerprint density at radius 2 is 2.05 bits per heavy atom. The predicted octanol–water partition coefficient (Wildman–Crippen LogP) is 2.76. The molecule has 0 aromatic heterocycles. The highest BCUT2D eigenvalue weighted by molar-refractivity contribution is 8.13. The quantitative estimate of drug-likeness (QED) is 0.364. The Kier molecular flexibility index (Phi) is 4.70. The second kappa shape index (κ2) is 5.87. The smallest absolute Gasteiger partial charge is 0.258 e. The van der Waals surface area contributed by atoms with E-state index in [0.717, 1.165) is 6.07 Å². The first-order chi connectivity index (χ1) is 8.77. The number of hydrogen-bond donors (Lipinski definition) is 0. The van der Waals surface area contributed by atoms with E-state index < -0.39 is 14.0 Å². The molecule has 0 atom stereocenters. The normalized spacial score (nSPS) is 11.1. The van der Waals surface area contributed by atoms with Gasteiger partial charge in [0.1, 0.15) is 0 Å². The molecule has 0 saturated heterocycles. The molecule has 7 heteroatoms. The van der Waals surface area contributed by atoms with Gasteiger partial charge in [-0.2, -0.15) is 0 Å². The van der Waals surface area contributed by atoms with Crippen LogP contribution in [-0.2, 0) is 9.05 Å². The molecule has 100 valence electrons. The molecule has 1 aromatic carbocycles. The van der Waals surface area contributed by atoms with Crippen molar-refractivity contribution in [1.82, 2.24) is 0 Å². The minimum absolute atomic E-state index is 0.256. The Labute approximate surface area is 115 Å². The molecule has 0 amide bonds. The molecule has 0 fully saturated rings. The molecule has 0 N–H and O–H groups in total. The standard InChI is InChI=1S/C12H10ClNO4S/c1-3-4-5-6-10-7-11(19(13,17)18)8-12(9(10)2)14(15)16/h3-4,7-8H,1-2H3/b4-3+. The fraction of sp³-hybridized carbons (Fsp3) is 0.167. The van der Waals surface area contributed by atoms with E-state index >= 15 is 0 Å². The zero-order chi connectivity index (χ0) is 14.6. The summed E-state index contributed by atoms with van der Waals surface area (Å²) in [6, 6.07) is 2.15. The number of rotatable bonds is 2. The monoisotopic (exact) mass is 299 g/mol. The van der Waals surface area contributed by atoms with Gasteiger partial charge >= 0.3 is 0 Å². The number of allylic oxidation sites excluding steroid dienone is 2. The van der Waals surface area contributed by atoms with E-state index in [2.05, 4.69) is 11.8 Å². The van der Waals surface area contributed by atoms with E-state index in [1.807, 2.05) is 0 Å². The zero-order valence-corrected chi connectivity index (χ0v) is 11.7. The number of nitrogens with zero attached hydrogens (tertiary/aromatic N) is 1. The molecule has 0 unspecified atom stereocenters. The van der Waals surface area contributed by atoms with Gasteiger partial charge in [0, 0.05) is 27.9 Å². The van der Waals surface area contributed by atoms with Crippen LogP contribution in [0.25, 0.3) is 0 Å². The first kappa shape index (κ1) is 15.2. The second-order valence-electron chi connectivity index (χ2n) is 3.58. The molecule has 0 aliphatic rings. The van der Waals surface area contributed by atoms with Gasteiger partial charge in [-0.1, -0.05) is 17.9 Å². The second-order valence-corrected chi connectivity index (χ2v) is 6.15. The lowest BCUT2D eigenvalue weighted by atomic mass is 10.1. The molecule has 0 radical (unpaired) electrons. The minimum Gasteiger partial charge on any atom is -0.258 e. The Morgan fingerprint density at radius 1 is 1.42 bits per heavy atom. The van der Waals surface area contributed by atoms with Crippen LogP contribution in [0.1, 0.15) is 18.1 Å². The number of halogens is 1. The molecule has 0 spiro atoms. The minimum atomic E-state index is -4.05. The highest BCUT2D eigenvalue weighted by Gasteiger charge is 2.20. The van der Waals surface area contributed by atoms with E-state index in [4.69, 9.17) is 10.7 Å². The van der Waals surface area contributed by atoms with Gasteiger partial charge in [0.15, 0.2) is 0 Å². The number of hydrogen-bond acceptors (Lipinski definition) is 4. The maximum atomic E-state index is 11.3. The van der Waals surface area contributed by atoms with Crippen LogP contribution in [0.15, 0.2) is 29.2 Å². The van der Waals surface area contributed by atoms with E-state index in [9.17, 15) is 18.5 Å². The van der Waals surface area contributed by atoms with Crippen molar-refractivity contribution in [2.75, 3.05) is 0 Å². The Bertz CT molecular complexity index is 711. The SMILES string of the molecule is C/C=C/C#Cc1cc(S(=O)(=O)Cl)cc([N+](=O)[O-])c1C. The summed E-state index contributed by atoms with van der Waals surface area (Å²) in [7, 11) is 1.16. The topological polar surface area (TPSA) is 77.3 Å². The van der Waals surface area contributed by atoms with E-state index in [1.54, 1.807) is 19.1 Å². The lowest BCUT2D eigenvalue weighted by Gasteiger charge is -2.03. The Balaban J connectivity index is 3.60. The Morgan fingerprint density at radius 3 is 2.53 bits per heavy atom. The molecule has 0 aliphatic heterocycles. The molecule has 1 aromatic rings. The van der Waals surface area contributed by atoms with Crippen molar-refractivity contribution in [1.29, 1.82) is 0 Å². The van der Waals surface area contributed by atoms with Crippen molar-refractivity contribution in [3.05, 3.63) is 45.5 Å². The van der Waals surface area contributed by atoms with Gasteiger partial charge in [-0.3, -0.25) is 10.1 Å². The van der Waals surface area contributed by atoms with Crippen LogP contribution in [0.5, 0.6) is 0 Å². The third-order valence-electron chi connectivity index (χ3n) is 2.29. The molecule has 0 heterocycles. The van der Waals surface area contributed by atoms with Crippen molar-refractivity contribution in [3.8, 4) is 11.8 Å². The van der Waals surface area contributed by atoms with Crippen LogP contribution in [0.3, 0.4) is 0 Å². The first-order valence-electron chi connectivity index (χ1n) is 5.13. The summed E-state index contributed by atoms with van der Waals surface area (Å²) in [5.74, 6) is 5.30. The van der Waals surface area contributed by atoms with Crippen molar-refractivity contribution in [2.24, 2.45) is 0 Å². The summed E-state index contributed by atoms with van der Waals surface area (Å²) in [5, 5.41) is 10.9. The van der Waals surface area contributed by atoms with Crippen LogP contribution in [0.2, 0.25) is 0 Å². The predicted molar refractivity (Wildman–Crippen MR) is 72.6 cm³/mol. The van der Waals surface area contributed by atoms with Gasteiger partial charge in [-0.05, 0) is 26.0 Å². The summed E-state index contributed by atoms with van der Waals surface area (Å²) in [6.45, 7) is 3.27. The lowest BCUT2D eigenvalue weighted by Crippen LogP contribution is -1.99.